The molecule has 2 aromatic carbocycles. The van der Waals surface area contributed by atoms with E-state index in [0.29, 0.717) is 29.2 Å². The average molecular weight is 451 g/mol. The maximum Gasteiger partial charge on any atom is 0.342 e. The lowest BCUT2D eigenvalue weighted by molar-refractivity contribution is 0.0521. The monoisotopic (exact) mass is 450 g/mol. The molecule has 5 nitrogen and oxygen atoms in total. The van der Waals surface area contributed by atoms with Crippen LogP contribution in [0.4, 0.5) is 0 Å². The Kier molecular flexibility index (Phi) is 8.33. The molecule has 0 amide bonds. The molecule has 0 saturated carbocycles. The maximum atomic E-state index is 12.9. The van der Waals surface area contributed by atoms with Gasteiger partial charge in [0.15, 0.2) is 5.78 Å². The molecule has 160 valence electrons. The lowest BCUT2D eigenvalue weighted by Crippen LogP contribution is -2.14. The third-order valence-corrected chi connectivity index (χ3v) is 5.08. The van der Waals surface area contributed by atoms with Crippen molar-refractivity contribution in [2.24, 2.45) is 0 Å². The Morgan fingerprint density at radius 1 is 1.20 bits per heavy atom. The molecule has 0 radical (unpaired) electrons. The fraction of sp³-hybridized carbons (Fsp3) is 0.304. The van der Waals surface area contributed by atoms with Crippen molar-refractivity contribution in [3.05, 3.63) is 68.7 Å². The highest BCUT2D eigenvalue weighted by atomic mass is 35.5. The summed E-state index contributed by atoms with van der Waals surface area (Å²) in [7, 11) is 1.46. The van der Waals surface area contributed by atoms with Gasteiger partial charge in [0, 0.05) is 22.6 Å². The predicted octanol–water partition coefficient (Wildman–Crippen LogP) is 5.82. The van der Waals surface area contributed by atoms with Crippen LogP contribution in [0.1, 0.15) is 52.1 Å². The number of aromatic hydroxyl groups is 1. The molecule has 0 saturated heterocycles. The highest BCUT2D eigenvalue weighted by Gasteiger charge is 2.26. The fourth-order valence-corrected chi connectivity index (χ4v) is 3.57. The van der Waals surface area contributed by atoms with Crippen molar-refractivity contribution in [1.29, 1.82) is 0 Å². The number of hydrogen-bond donors (Lipinski definition) is 1. The number of phenols is 1. The Balaban J connectivity index is 2.55. The molecule has 30 heavy (non-hydrogen) atoms. The van der Waals surface area contributed by atoms with E-state index in [1.165, 1.54) is 19.2 Å². The number of allylic oxidation sites excluding steroid dienone is 1. The van der Waals surface area contributed by atoms with Crippen LogP contribution >= 0.6 is 23.2 Å². The lowest BCUT2D eigenvalue weighted by Gasteiger charge is -2.18. The van der Waals surface area contributed by atoms with E-state index >= 15 is 0 Å². The molecule has 0 aliphatic carbocycles. The molecule has 7 heteroatoms. The van der Waals surface area contributed by atoms with Gasteiger partial charge in [-0.05, 0) is 56.5 Å². The second-order valence-corrected chi connectivity index (χ2v) is 7.69. The summed E-state index contributed by atoms with van der Waals surface area (Å²) in [4.78, 5) is 25.5. The summed E-state index contributed by atoms with van der Waals surface area (Å²) in [6.45, 7) is 7.53. The molecule has 1 N–H and O–H groups in total. The smallest absolute Gasteiger partial charge is 0.342 e. The number of rotatable bonds is 9. The van der Waals surface area contributed by atoms with Crippen LogP contribution in [0.5, 0.6) is 11.5 Å². The van der Waals surface area contributed by atoms with Gasteiger partial charge in [-0.25, -0.2) is 4.79 Å². The third-order valence-electron chi connectivity index (χ3n) is 4.53. The standard InChI is InChI=1S/C23H24Cl2O5/c1-5-30-23(28)21-14(10-19(26)16-9-7-15(24)12-18(16)25)11-20(29-4)17(22(21)27)8-6-13(2)3/h7,9,11-12,27H,2,5-6,8,10H2,1,3-4H3. The van der Waals surface area contributed by atoms with Gasteiger partial charge in [-0.15, -0.1) is 6.58 Å². The maximum absolute atomic E-state index is 12.9. The van der Waals surface area contributed by atoms with E-state index in [9.17, 15) is 14.7 Å². The molecule has 0 aromatic heterocycles. The van der Waals surface area contributed by atoms with Crippen molar-refractivity contribution in [2.45, 2.75) is 33.1 Å². The molecule has 0 spiro atoms. The van der Waals surface area contributed by atoms with Gasteiger partial charge in [-0.1, -0.05) is 28.8 Å². The van der Waals surface area contributed by atoms with E-state index in [1.807, 2.05) is 6.92 Å². The zero-order chi connectivity index (χ0) is 22.4. The second-order valence-electron chi connectivity index (χ2n) is 6.84. The van der Waals surface area contributed by atoms with E-state index in [4.69, 9.17) is 32.7 Å². The Hall–Kier alpha value is -2.50. The Morgan fingerprint density at radius 2 is 1.90 bits per heavy atom. The van der Waals surface area contributed by atoms with Crippen LogP contribution in [0.15, 0.2) is 36.4 Å². The highest BCUT2D eigenvalue weighted by Crippen LogP contribution is 2.37. The fourth-order valence-electron chi connectivity index (χ4n) is 3.05. The number of esters is 1. The van der Waals surface area contributed by atoms with Gasteiger partial charge in [-0.2, -0.15) is 0 Å². The minimum atomic E-state index is -0.709. The zero-order valence-corrected chi connectivity index (χ0v) is 18.7. The number of Topliss-reactive ketones (excluding diaryl/α,β-unsaturated/α-hetero) is 1. The largest absolute Gasteiger partial charge is 0.507 e. The molecule has 0 unspecified atom stereocenters. The summed E-state index contributed by atoms with van der Waals surface area (Å²) >= 11 is 12.0. The van der Waals surface area contributed by atoms with Crippen LogP contribution in [-0.2, 0) is 17.6 Å². The van der Waals surface area contributed by atoms with Crippen LogP contribution in [-0.4, -0.2) is 30.6 Å². The first-order valence-corrected chi connectivity index (χ1v) is 10.2. The first-order chi connectivity index (χ1) is 14.2. The lowest BCUT2D eigenvalue weighted by atomic mass is 9.93. The zero-order valence-electron chi connectivity index (χ0n) is 17.2. The Labute approximate surface area is 186 Å². The summed E-state index contributed by atoms with van der Waals surface area (Å²) in [5.41, 5.74) is 1.89. The Morgan fingerprint density at radius 3 is 2.47 bits per heavy atom. The average Bonchev–Trinajstić information content (AvgIpc) is 2.66. The topological polar surface area (TPSA) is 72.8 Å². The van der Waals surface area contributed by atoms with Crippen LogP contribution in [0.2, 0.25) is 10.0 Å². The first kappa shape index (κ1) is 23.8. The molecule has 0 aliphatic heterocycles. The van der Waals surface area contributed by atoms with Gasteiger partial charge in [0.05, 0.1) is 18.7 Å². The molecular weight excluding hydrogens is 427 g/mol. The number of carbonyl (C=O) groups is 2. The second kappa shape index (κ2) is 10.5. The number of ether oxygens (including phenoxy) is 2. The molecule has 0 bridgehead atoms. The normalized spacial score (nSPS) is 10.6. The Bertz CT molecular complexity index is 982. The molecular formula is C23H24Cl2O5. The summed E-state index contributed by atoms with van der Waals surface area (Å²) in [6, 6.07) is 6.14. The molecule has 0 heterocycles. The van der Waals surface area contributed by atoms with Crippen LogP contribution in [0.3, 0.4) is 0 Å². The molecule has 2 rings (SSSR count). The third kappa shape index (κ3) is 5.55. The summed E-state index contributed by atoms with van der Waals surface area (Å²) in [6.07, 6.45) is 0.846. The van der Waals surface area contributed by atoms with Crippen molar-refractivity contribution in [2.75, 3.05) is 13.7 Å². The number of carbonyl (C=O) groups excluding carboxylic acids is 2. The van der Waals surface area contributed by atoms with E-state index in [1.54, 1.807) is 19.1 Å². The van der Waals surface area contributed by atoms with Gasteiger partial charge in [0.1, 0.15) is 17.1 Å². The number of hydrogen-bond acceptors (Lipinski definition) is 5. The van der Waals surface area contributed by atoms with E-state index in [0.717, 1.165) is 5.57 Å². The summed E-state index contributed by atoms with van der Waals surface area (Å²) in [5.74, 6) is -0.913. The summed E-state index contributed by atoms with van der Waals surface area (Å²) in [5, 5.41) is 11.5. The van der Waals surface area contributed by atoms with E-state index < -0.39 is 5.97 Å². The van der Waals surface area contributed by atoms with Crippen molar-refractivity contribution >= 4 is 35.0 Å². The van der Waals surface area contributed by atoms with Gasteiger partial charge in [-0.3, -0.25) is 4.79 Å². The molecule has 0 atom stereocenters. The van der Waals surface area contributed by atoms with Crippen molar-refractivity contribution < 1.29 is 24.2 Å². The van der Waals surface area contributed by atoms with Gasteiger partial charge >= 0.3 is 5.97 Å². The van der Waals surface area contributed by atoms with Crippen molar-refractivity contribution in [3.63, 3.8) is 0 Å². The molecule has 0 aliphatic rings. The van der Waals surface area contributed by atoms with E-state index in [2.05, 4.69) is 6.58 Å². The molecule has 2 aromatic rings. The number of ketones is 1. The SMILES string of the molecule is C=C(C)CCc1c(OC)cc(CC(=O)c2ccc(Cl)cc2Cl)c(C(=O)OCC)c1O. The van der Waals surface area contributed by atoms with Gasteiger partial charge in [0.25, 0.3) is 0 Å². The number of phenolic OH excluding ortho intramolecular Hbond substituents is 1. The minimum Gasteiger partial charge on any atom is -0.507 e. The highest BCUT2D eigenvalue weighted by molar-refractivity contribution is 6.36. The van der Waals surface area contributed by atoms with Crippen LogP contribution < -0.4 is 4.74 Å². The number of halogens is 2. The van der Waals surface area contributed by atoms with Crippen LogP contribution in [0, 0.1) is 0 Å². The number of benzene rings is 2. The van der Waals surface area contributed by atoms with Crippen LogP contribution in [0.25, 0.3) is 0 Å². The van der Waals surface area contributed by atoms with Crippen molar-refractivity contribution in [1.82, 2.24) is 0 Å². The molecule has 0 fully saturated rings. The van der Waals surface area contributed by atoms with Gasteiger partial charge in [0.2, 0.25) is 0 Å². The first-order valence-electron chi connectivity index (χ1n) is 9.41. The predicted molar refractivity (Wildman–Crippen MR) is 118 cm³/mol. The van der Waals surface area contributed by atoms with Crippen molar-refractivity contribution in [3.8, 4) is 11.5 Å². The summed E-state index contributed by atoms with van der Waals surface area (Å²) < 4.78 is 10.5. The van der Waals surface area contributed by atoms with Gasteiger partial charge < -0.3 is 14.6 Å². The minimum absolute atomic E-state index is 0.0483. The number of methoxy groups -OCH3 is 1. The van der Waals surface area contributed by atoms with E-state index in [-0.39, 0.29) is 46.3 Å². The quantitative estimate of drug-likeness (QED) is 0.296.